The highest BCUT2D eigenvalue weighted by atomic mass is 35.5. The Kier molecular flexibility index (Phi) is 5.67. The van der Waals surface area contributed by atoms with Gasteiger partial charge in [0.1, 0.15) is 5.82 Å². The summed E-state index contributed by atoms with van der Waals surface area (Å²) in [5, 5.41) is 12.7. The molecule has 0 aliphatic carbocycles. The van der Waals surface area contributed by atoms with Crippen molar-refractivity contribution >= 4 is 30.0 Å². The maximum Gasteiger partial charge on any atom is 0.231 e. The van der Waals surface area contributed by atoms with E-state index in [4.69, 9.17) is 11.6 Å². The normalized spacial score (nSPS) is 15.7. The standard InChI is InChI=1S/C15H20ClN5.ClH/c1-11-18-19-15(20-9-7-13(17-2)8-10-20)21(11)14-5-3-12(16)4-6-14;/h3-6,13,17H,7-10H2,1-2H3;1H. The quantitative estimate of drug-likeness (QED) is 0.932. The summed E-state index contributed by atoms with van der Waals surface area (Å²) < 4.78 is 2.09. The van der Waals surface area contributed by atoms with Crippen LogP contribution in [0.4, 0.5) is 5.95 Å². The summed E-state index contributed by atoms with van der Waals surface area (Å²) in [6.07, 6.45) is 2.26. The maximum atomic E-state index is 5.98. The summed E-state index contributed by atoms with van der Waals surface area (Å²) in [6.45, 7) is 3.97. The molecule has 1 fully saturated rings. The lowest BCUT2D eigenvalue weighted by molar-refractivity contribution is 0.438. The summed E-state index contributed by atoms with van der Waals surface area (Å²) in [6, 6.07) is 8.40. The molecule has 120 valence electrons. The van der Waals surface area contributed by atoms with Crippen molar-refractivity contribution < 1.29 is 0 Å². The van der Waals surface area contributed by atoms with Gasteiger partial charge in [-0.05, 0) is 51.1 Å². The zero-order valence-corrected chi connectivity index (χ0v) is 14.4. The van der Waals surface area contributed by atoms with E-state index < -0.39 is 0 Å². The summed E-state index contributed by atoms with van der Waals surface area (Å²) in [5.74, 6) is 1.81. The smallest absolute Gasteiger partial charge is 0.231 e. The Bertz CT molecular complexity index is 603. The zero-order valence-electron chi connectivity index (χ0n) is 12.8. The number of hydrogen-bond donors (Lipinski definition) is 1. The van der Waals surface area contributed by atoms with E-state index in [9.17, 15) is 0 Å². The molecule has 0 spiro atoms. The van der Waals surface area contributed by atoms with Crippen molar-refractivity contribution in [2.24, 2.45) is 0 Å². The highest BCUT2D eigenvalue weighted by Crippen LogP contribution is 2.24. The lowest BCUT2D eigenvalue weighted by Crippen LogP contribution is -2.42. The molecule has 1 aromatic carbocycles. The first-order valence-corrected chi connectivity index (χ1v) is 7.67. The molecule has 2 heterocycles. The van der Waals surface area contributed by atoms with Gasteiger partial charge in [0.25, 0.3) is 0 Å². The Balaban J connectivity index is 0.00000176. The molecule has 2 aromatic rings. The van der Waals surface area contributed by atoms with Crippen molar-refractivity contribution in [3.8, 4) is 5.69 Å². The van der Waals surface area contributed by atoms with Crippen molar-refractivity contribution in [3.63, 3.8) is 0 Å². The molecule has 1 aliphatic heterocycles. The topological polar surface area (TPSA) is 46.0 Å². The molecule has 22 heavy (non-hydrogen) atoms. The molecular weight excluding hydrogens is 321 g/mol. The lowest BCUT2D eigenvalue weighted by atomic mass is 10.1. The van der Waals surface area contributed by atoms with Crippen LogP contribution in [0.25, 0.3) is 5.69 Å². The average Bonchev–Trinajstić information content (AvgIpc) is 2.90. The average molecular weight is 342 g/mol. The van der Waals surface area contributed by atoms with Gasteiger partial charge in [0.15, 0.2) is 0 Å². The first-order chi connectivity index (χ1) is 10.2. The van der Waals surface area contributed by atoms with Crippen molar-refractivity contribution in [3.05, 3.63) is 35.1 Å². The zero-order chi connectivity index (χ0) is 14.8. The molecule has 1 aliphatic rings. The van der Waals surface area contributed by atoms with Gasteiger partial charge in [-0.2, -0.15) is 0 Å². The number of nitrogens with one attached hydrogen (secondary N) is 1. The van der Waals surface area contributed by atoms with Crippen LogP contribution >= 0.6 is 24.0 Å². The van der Waals surface area contributed by atoms with Crippen LogP contribution in [0.1, 0.15) is 18.7 Å². The highest BCUT2D eigenvalue weighted by molar-refractivity contribution is 6.30. The predicted octanol–water partition coefficient (Wildman–Crippen LogP) is 2.84. The third-order valence-corrected chi connectivity index (χ3v) is 4.33. The molecule has 1 saturated heterocycles. The number of hydrogen-bond acceptors (Lipinski definition) is 4. The largest absolute Gasteiger partial charge is 0.340 e. The van der Waals surface area contributed by atoms with Crippen molar-refractivity contribution in [2.45, 2.75) is 25.8 Å². The van der Waals surface area contributed by atoms with Crippen molar-refractivity contribution in [2.75, 3.05) is 25.0 Å². The third kappa shape index (κ3) is 3.37. The summed E-state index contributed by atoms with van der Waals surface area (Å²) in [5.41, 5.74) is 1.05. The van der Waals surface area contributed by atoms with Crippen LogP contribution in [-0.4, -0.2) is 40.9 Å². The Hall–Kier alpha value is -1.30. The fraction of sp³-hybridized carbons (Fsp3) is 0.467. The minimum Gasteiger partial charge on any atom is -0.340 e. The van der Waals surface area contributed by atoms with E-state index in [1.165, 1.54) is 0 Å². The number of benzene rings is 1. The number of anilines is 1. The highest BCUT2D eigenvalue weighted by Gasteiger charge is 2.23. The van der Waals surface area contributed by atoms with Crippen LogP contribution in [0.2, 0.25) is 5.02 Å². The molecule has 0 amide bonds. The number of aryl methyl sites for hydroxylation is 1. The first-order valence-electron chi connectivity index (χ1n) is 7.29. The van der Waals surface area contributed by atoms with Crippen molar-refractivity contribution in [1.29, 1.82) is 0 Å². The third-order valence-electron chi connectivity index (χ3n) is 4.08. The Labute approximate surface area is 142 Å². The van der Waals surface area contributed by atoms with E-state index in [1.54, 1.807) is 0 Å². The van der Waals surface area contributed by atoms with Crippen LogP contribution in [0, 0.1) is 6.92 Å². The van der Waals surface area contributed by atoms with Crippen LogP contribution in [-0.2, 0) is 0 Å². The van der Waals surface area contributed by atoms with Gasteiger partial charge in [0.05, 0.1) is 5.69 Å². The van der Waals surface area contributed by atoms with Crippen LogP contribution < -0.4 is 10.2 Å². The predicted molar refractivity (Wildman–Crippen MR) is 92.6 cm³/mol. The number of piperidine rings is 1. The van der Waals surface area contributed by atoms with E-state index in [1.807, 2.05) is 38.2 Å². The van der Waals surface area contributed by atoms with Crippen molar-refractivity contribution in [1.82, 2.24) is 20.1 Å². The summed E-state index contributed by atoms with van der Waals surface area (Å²) >= 11 is 5.98. The lowest BCUT2D eigenvalue weighted by Gasteiger charge is -2.32. The molecule has 0 unspecified atom stereocenters. The number of nitrogens with zero attached hydrogens (tertiary/aromatic N) is 4. The Morgan fingerprint density at radius 1 is 1.14 bits per heavy atom. The first kappa shape index (κ1) is 17.1. The molecule has 1 N–H and O–H groups in total. The van der Waals surface area contributed by atoms with Crippen LogP contribution in [0.5, 0.6) is 0 Å². The Morgan fingerprint density at radius 2 is 1.77 bits per heavy atom. The molecule has 0 bridgehead atoms. The number of halogens is 2. The molecule has 0 atom stereocenters. The fourth-order valence-corrected chi connectivity index (χ4v) is 2.94. The van der Waals surface area contributed by atoms with E-state index in [2.05, 4.69) is 25.0 Å². The van der Waals surface area contributed by atoms with Gasteiger partial charge in [-0.15, -0.1) is 22.6 Å². The summed E-state index contributed by atoms with van der Waals surface area (Å²) in [7, 11) is 2.03. The van der Waals surface area contributed by atoms with Gasteiger partial charge in [0, 0.05) is 24.2 Å². The molecule has 0 radical (unpaired) electrons. The van der Waals surface area contributed by atoms with Gasteiger partial charge in [0.2, 0.25) is 5.95 Å². The molecule has 7 heteroatoms. The van der Waals surface area contributed by atoms with Crippen LogP contribution in [0.3, 0.4) is 0 Å². The Morgan fingerprint density at radius 3 is 2.36 bits per heavy atom. The second-order valence-corrected chi connectivity index (χ2v) is 5.85. The second kappa shape index (κ2) is 7.31. The minimum atomic E-state index is 0. The molecule has 1 aromatic heterocycles. The SMILES string of the molecule is CNC1CCN(c2nnc(C)n2-c2ccc(Cl)cc2)CC1.Cl. The van der Waals surface area contributed by atoms with Gasteiger partial charge in [-0.3, -0.25) is 4.57 Å². The molecule has 5 nitrogen and oxygen atoms in total. The molecule has 0 saturated carbocycles. The minimum absolute atomic E-state index is 0. The molecular formula is C15H21Cl2N5. The fourth-order valence-electron chi connectivity index (χ4n) is 2.82. The van der Waals surface area contributed by atoms with E-state index >= 15 is 0 Å². The van der Waals surface area contributed by atoms with Gasteiger partial charge < -0.3 is 10.2 Å². The second-order valence-electron chi connectivity index (χ2n) is 5.41. The molecule has 3 rings (SSSR count). The van der Waals surface area contributed by atoms with Gasteiger partial charge >= 0.3 is 0 Å². The van der Waals surface area contributed by atoms with Gasteiger partial charge in [-0.25, -0.2) is 0 Å². The van der Waals surface area contributed by atoms with E-state index in [0.29, 0.717) is 6.04 Å². The van der Waals surface area contributed by atoms with E-state index in [0.717, 1.165) is 48.4 Å². The maximum absolute atomic E-state index is 5.98. The van der Waals surface area contributed by atoms with Gasteiger partial charge in [-0.1, -0.05) is 11.6 Å². The van der Waals surface area contributed by atoms with Crippen LogP contribution in [0.15, 0.2) is 24.3 Å². The monoisotopic (exact) mass is 341 g/mol. The number of rotatable bonds is 3. The summed E-state index contributed by atoms with van der Waals surface area (Å²) in [4.78, 5) is 2.31. The van der Waals surface area contributed by atoms with E-state index in [-0.39, 0.29) is 12.4 Å². The number of aromatic nitrogens is 3.